The number of phenolic OH excluding ortho intramolecular Hbond substituents is 1. The van der Waals surface area contributed by atoms with Crippen LogP contribution in [0.15, 0.2) is 21.1 Å². The van der Waals surface area contributed by atoms with E-state index in [9.17, 15) is 5.11 Å². The fourth-order valence-electron chi connectivity index (χ4n) is 1.69. The minimum Gasteiger partial charge on any atom is -0.507 e. The molecule has 0 radical (unpaired) electrons. The molecule has 4 heteroatoms. The third-order valence-electron chi connectivity index (χ3n) is 2.76. The molecule has 0 aliphatic carbocycles. The Morgan fingerprint density at radius 1 is 1.00 bits per heavy atom. The fraction of sp³-hybridized carbons (Fsp3) is 0.571. The van der Waals surface area contributed by atoms with Crippen LogP contribution in [0.3, 0.4) is 0 Å². The van der Waals surface area contributed by atoms with Crippen molar-refractivity contribution in [3.63, 3.8) is 0 Å². The summed E-state index contributed by atoms with van der Waals surface area (Å²) in [5.74, 6) is 0.988. The van der Waals surface area contributed by atoms with Gasteiger partial charge in [-0.2, -0.15) is 0 Å². The summed E-state index contributed by atoms with van der Waals surface area (Å²) in [7, 11) is 0. The van der Waals surface area contributed by atoms with Crippen molar-refractivity contribution in [3.8, 4) is 11.5 Å². The number of benzene rings is 1. The second kappa shape index (κ2) is 8.81. The van der Waals surface area contributed by atoms with Crippen LogP contribution in [0, 0.1) is 0 Å². The van der Waals surface area contributed by atoms with E-state index in [1.165, 1.54) is 32.1 Å². The van der Waals surface area contributed by atoms with Crippen LogP contribution in [0.1, 0.15) is 45.4 Å². The van der Waals surface area contributed by atoms with Gasteiger partial charge in [0.25, 0.3) is 0 Å². The Morgan fingerprint density at radius 3 is 2.39 bits per heavy atom. The van der Waals surface area contributed by atoms with Gasteiger partial charge in [-0.1, -0.05) is 39.0 Å². The topological polar surface area (TPSA) is 29.5 Å². The SMILES string of the molecule is CCCCCCCCOc1cc(Br)c(O)cc1Br. The lowest BCUT2D eigenvalue weighted by Crippen LogP contribution is -1.98. The highest BCUT2D eigenvalue weighted by molar-refractivity contribution is 9.11. The molecule has 0 aliphatic heterocycles. The van der Waals surface area contributed by atoms with E-state index in [0.717, 1.165) is 23.2 Å². The van der Waals surface area contributed by atoms with Crippen LogP contribution < -0.4 is 4.74 Å². The van der Waals surface area contributed by atoms with Gasteiger partial charge in [0.05, 0.1) is 15.6 Å². The minimum absolute atomic E-state index is 0.216. The third kappa shape index (κ3) is 5.61. The molecular weight excluding hydrogens is 360 g/mol. The smallest absolute Gasteiger partial charge is 0.134 e. The summed E-state index contributed by atoms with van der Waals surface area (Å²) in [5.41, 5.74) is 0. The van der Waals surface area contributed by atoms with E-state index in [-0.39, 0.29) is 5.75 Å². The van der Waals surface area contributed by atoms with Crippen molar-refractivity contribution in [1.82, 2.24) is 0 Å². The molecule has 2 nitrogen and oxygen atoms in total. The van der Waals surface area contributed by atoms with Crippen molar-refractivity contribution in [2.75, 3.05) is 6.61 Å². The normalized spacial score (nSPS) is 10.6. The molecule has 1 aromatic rings. The molecule has 18 heavy (non-hydrogen) atoms. The van der Waals surface area contributed by atoms with E-state index >= 15 is 0 Å². The zero-order valence-corrected chi connectivity index (χ0v) is 13.9. The Hall–Kier alpha value is -0.220. The fourth-order valence-corrected chi connectivity index (χ4v) is 2.46. The van der Waals surface area contributed by atoms with Crippen LogP contribution in [0.2, 0.25) is 0 Å². The van der Waals surface area contributed by atoms with E-state index in [1.807, 2.05) is 0 Å². The van der Waals surface area contributed by atoms with Gasteiger partial charge in [-0.05, 0) is 50.4 Å². The van der Waals surface area contributed by atoms with Gasteiger partial charge < -0.3 is 9.84 Å². The number of rotatable bonds is 8. The molecule has 0 saturated heterocycles. The molecule has 0 spiro atoms. The Morgan fingerprint density at radius 2 is 1.67 bits per heavy atom. The molecule has 0 unspecified atom stereocenters. The van der Waals surface area contributed by atoms with Crippen LogP contribution in [-0.2, 0) is 0 Å². The van der Waals surface area contributed by atoms with Crippen LogP contribution >= 0.6 is 31.9 Å². The number of halogens is 2. The lowest BCUT2D eigenvalue weighted by Gasteiger charge is -2.09. The monoisotopic (exact) mass is 378 g/mol. The highest BCUT2D eigenvalue weighted by Gasteiger charge is 2.06. The van der Waals surface area contributed by atoms with Crippen molar-refractivity contribution in [2.45, 2.75) is 45.4 Å². The van der Waals surface area contributed by atoms with Gasteiger partial charge in [0.15, 0.2) is 0 Å². The molecule has 1 aromatic carbocycles. The average molecular weight is 380 g/mol. The molecule has 1 rings (SSSR count). The third-order valence-corrected chi connectivity index (χ3v) is 4.01. The van der Waals surface area contributed by atoms with Gasteiger partial charge >= 0.3 is 0 Å². The molecule has 0 amide bonds. The van der Waals surface area contributed by atoms with Crippen molar-refractivity contribution in [3.05, 3.63) is 21.1 Å². The standard InChI is InChI=1S/C14H20Br2O2/c1-2-3-4-5-6-7-8-18-14-10-11(15)13(17)9-12(14)16/h9-10,17H,2-8H2,1H3. The first kappa shape index (κ1) is 15.8. The number of aromatic hydroxyl groups is 1. The summed E-state index contributed by atoms with van der Waals surface area (Å²) in [5, 5.41) is 9.48. The van der Waals surface area contributed by atoms with Crippen LogP contribution in [0.25, 0.3) is 0 Å². The van der Waals surface area contributed by atoms with Gasteiger partial charge in [-0.25, -0.2) is 0 Å². The molecule has 102 valence electrons. The van der Waals surface area contributed by atoms with Gasteiger partial charge in [0.1, 0.15) is 11.5 Å². The zero-order valence-electron chi connectivity index (χ0n) is 10.7. The molecule has 0 atom stereocenters. The van der Waals surface area contributed by atoms with E-state index in [4.69, 9.17) is 4.74 Å². The van der Waals surface area contributed by atoms with Crippen LogP contribution in [0.4, 0.5) is 0 Å². The molecule has 0 heterocycles. The van der Waals surface area contributed by atoms with Crippen molar-refractivity contribution in [1.29, 1.82) is 0 Å². The minimum atomic E-state index is 0.216. The second-order valence-electron chi connectivity index (χ2n) is 4.35. The van der Waals surface area contributed by atoms with Crippen molar-refractivity contribution < 1.29 is 9.84 Å². The van der Waals surface area contributed by atoms with Crippen LogP contribution in [0.5, 0.6) is 11.5 Å². The van der Waals surface area contributed by atoms with E-state index in [0.29, 0.717) is 4.47 Å². The highest BCUT2D eigenvalue weighted by Crippen LogP contribution is 2.35. The Bertz CT molecular complexity index is 367. The quantitative estimate of drug-likeness (QED) is 0.590. The number of unbranched alkanes of at least 4 members (excludes halogenated alkanes) is 5. The lowest BCUT2D eigenvalue weighted by molar-refractivity contribution is 0.302. The molecular formula is C14H20Br2O2. The van der Waals surface area contributed by atoms with Gasteiger partial charge in [-0.3, -0.25) is 0 Å². The maximum atomic E-state index is 9.48. The summed E-state index contributed by atoms with van der Waals surface area (Å²) >= 11 is 6.66. The Labute approximate surface area is 126 Å². The van der Waals surface area contributed by atoms with E-state index in [2.05, 4.69) is 38.8 Å². The number of hydrogen-bond acceptors (Lipinski definition) is 2. The van der Waals surface area contributed by atoms with Gasteiger partial charge in [0.2, 0.25) is 0 Å². The lowest BCUT2D eigenvalue weighted by atomic mass is 10.1. The maximum Gasteiger partial charge on any atom is 0.134 e. The largest absolute Gasteiger partial charge is 0.507 e. The summed E-state index contributed by atoms with van der Waals surface area (Å²) in [6, 6.07) is 3.43. The molecule has 0 saturated carbocycles. The maximum absolute atomic E-state index is 9.48. The molecule has 0 bridgehead atoms. The zero-order chi connectivity index (χ0) is 13.4. The Balaban J connectivity index is 2.25. The predicted octanol–water partition coefficient (Wildman–Crippen LogP) is 5.66. The predicted molar refractivity (Wildman–Crippen MR) is 82.4 cm³/mol. The van der Waals surface area contributed by atoms with Gasteiger partial charge in [0, 0.05) is 0 Å². The Kier molecular flexibility index (Phi) is 7.75. The first-order chi connectivity index (χ1) is 8.65. The number of ether oxygens (including phenoxy) is 1. The van der Waals surface area contributed by atoms with Crippen molar-refractivity contribution >= 4 is 31.9 Å². The summed E-state index contributed by atoms with van der Waals surface area (Å²) in [4.78, 5) is 0. The highest BCUT2D eigenvalue weighted by atomic mass is 79.9. The molecule has 0 aromatic heterocycles. The van der Waals surface area contributed by atoms with Gasteiger partial charge in [-0.15, -0.1) is 0 Å². The molecule has 0 aliphatic rings. The first-order valence-electron chi connectivity index (χ1n) is 6.46. The second-order valence-corrected chi connectivity index (χ2v) is 6.06. The van der Waals surface area contributed by atoms with E-state index < -0.39 is 0 Å². The first-order valence-corrected chi connectivity index (χ1v) is 8.04. The van der Waals surface area contributed by atoms with E-state index in [1.54, 1.807) is 12.1 Å². The summed E-state index contributed by atoms with van der Waals surface area (Å²) in [6.45, 7) is 2.95. The molecule has 0 fully saturated rings. The summed E-state index contributed by atoms with van der Waals surface area (Å²) in [6.07, 6.45) is 7.52. The molecule has 1 N–H and O–H groups in total. The van der Waals surface area contributed by atoms with Crippen molar-refractivity contribution in [2.24, 2.45) is 0 Å². The summed E-state index contributed by atoms with van der Waals surface area (Å²) < 4.78 is 7.13. The number of phenols is 1. The number of hydrogen-bond donors (Lipinski definition) is 1. The average Bonchev–Trinajstić information content (AvgIpc) is 2.34. The van der Waals surface area contributed by atoms with Crippen LogP contribution in [-0.4, -0.2) is 11.7 Å².